The molecule has 2 atom stereocenters. The van der Waals surface area contributed by atoms with Crippen LogP contribution in [0, 0.1) is 0 Å². The van der Waals surface area contributed by atoms with Crippen LogP contribution in [0.2, 0.25) is 0 Å². The summed E-state index contributed by atoms with van der Waals surface area (Å²) in [7, 11) is -3.32. The predicted molar refractivity (Wildman–Crippen MR) is 110 cm³/mol. The summed E-state index contributed by atoms with van der Waals surface area (Å²) in [6.45, 7) is 9.31. The summed E-state index contributed by atoms with van der Waals surface area (Å²) in [5.41, 5.74) is 0. The van der Waals surface area contributed by atoms with E-state index in [2.05, 4.69) is 32.2 Å². The summed E-state index contributed by atoms with van der Waals surface area (Å²) in [6.07, 6.45) is 5.51. The molecule has 0 spiro atoms. The number of likely N-dealkylation sites (tertiary alicyclic amines) is 1. The highest BCUT2D eigenvalue weighted by molar-refractivity contribution is 7.89. The van der Waals surface area contributed by atoms with Gasteiger partial charge in [-0.2, -0.15) is 0 Å². The lowest BCUT2D eigenvalue weighted by molar-refractivity contribution is 0.0200. The number of ether oxygens (including phenoxy) is 1. The number of aliphatic imine (C=N–C) groups is 1. The molecule has 2 heterocycles. The van der Waals surface area contributed by atoms with Gasteiger partial charge in [-0.3, -0.25) is 9.89 Å². The maximum atomic E-state index is 12.2. The van der Waals surface area contributed by atoms with Crippen molar-refractivity contribution in [2.45, 2.75) is 58.1 Å². The number of sulfonamides is 1. The zero-order valence-corrected chi connectivity index (χ0v) is 17.7. The van der Waals surface area contributed by atoms with Crippen LogP contribution in [-0.2, 0) is 14.8 Å². The minimum Gasteiger partial charge on any atom is -0.377 e. The van der Waals surface area contributed by atoms with Gasteiger partial charge in [0.2, 0.25) is 10.0 Å². The molecule has 158 valence electrons. The molecular weight excluding hydrogens is 366 g/mol. The molecule has 8 nitrogen and oxygen atoms in total. The maximum absolute atomic E-state index is 12.2. The minimum atomic E-state index is -3.32. The predicted octanol–water partition coefficient (Wildman–Crippen LogP) is 0.514. The van der Waals surface area contributed by atoms with Crippen molar-refractivity contribution in [1.82, 2.24) is 20.3 Å². The van der Waals surface area contributed by atoms with Gasteiger partial charge in [0.15, 0.2) is 5.96 Å². The average Bonchev–Trinajstić information content (AvgIpc) is 3.13. The van der Waals surface area contributed by atoms with Crippen molar-refractivity contribution in [2.75, 3.05) is 51.6 Å². The summed E-state index contributed by atoms with van der Waals surface area (Å²) in [5.74, 6) is 0.709. The normalized spacial score (nSPS) is 24.9. The highest BCUT2D eigenvalue weighted by Gasteiger charge is 2.22. The zero-order valence-electron chi connectivity index (χ0n) is 16.9. The molecule has 0 aromatic rings. The molecular formula is C18H37N5O3S. The lowest BCUT2D eigenvalue weighted by Crippen LogP contribution is -2.43. The molecule has 0 aromatic heterocycles. The molecule has 2 aliphatic rings. The molecule has 3 N–H and O–H groups in total. The molecule has 0 aliphatic carbocycles. The molecule has 0 radical (unpaired) electrons. The fraction of sp³-hybridized carbons (Fsp3) is 0.944. The molecule has 0 amide bonds. The number of likely N-dealkylation sites (N-methyl/N-ethyl adjacent to an activating group) is 1. The largest absolute Gasteiger partial charge is 0.377 e. The van der Waals surface area contributed by atoms with Gasteiger partial charge in [0.1, 0.15) is 0 Å². The first-order valence-corrected chi connectivity index (χ1v) is 12.0. The summed E-state index contributed by atoms with van der Waals surface area (Å²) < 4.78 is 32.6. The number of hydrogen-bond acceptors (Lipinski definition) is 5. The first kappa shape index (κ1) is 22.4. The lowest BCUT2D eigenvalue weighted by Gasteiger charge is -2.23. The standard InChI is InChI=1S/C18H37N5O3S/c1-3-19-18(21-14-16-8-7-11-23(16)4-2)20-10-13-27(24,25)22-15-17-9-5-6-12-26-17/h16-17,22H,3-15H2,1-2H3,(H2,19,20,21). The van der Waals surface area contributed by atoms with Gasteiger partial charge in [-0.25, -0.2) is 13.1 Å². The third kappa shape index (κ3) is 8.33. The second-order valence-corrected chi connectivity index (χ2v) is 9.15. The first-order valence-electron chi connectivity index (χ1n) is 10.4. The van der Waals surface area contributed by atoms with Crippen LogP contribution in [0.15, 0.2) is 4.99 Å². The fourth-order valence-electron chi connectivity index (χ4n) is 3.62. The summed E-state index contributed by atoms with van der Waals surface area (Å²) in [5, 5.41) is 6.34. The van der Waals surface area contributed by atoms with E-state index < -0.39 is 10.0 Å². The molecule has 27 heavy (non-hydrogen) atoms. The summed E-state index contributed by atoms with van der Waals surface area (Å²) >= 11 is 0. The molecule has 2 aliphatic heterocycles. The smallest absolute Gasteiger partial charge is 0.213 e. The molecule has 0 bridgehead atoms. The van der Waals surface area contributed by atoms with E-state index in [0.29, 0.717) is 25.1 Å². The topological polar surface area (TPSA) is 95.1 Å². The zero-order chi connectivity index (χ0) is 19.5. The van der Waals surface area contributed by atoms with E-state index in [0.717, 1.165) is 52.0 Å². The maximum Gasteiger partial charge on any atom is 0.213 e. The van der Waals surface area contributed by atoms with Gasteiger partial charge in [0, 0.05) is 32.3 Å². The Morgan fingerprint density at radius 3 is 2.74 bits per heavy atom. The van der Waals surface area contributed by atoms with Crippen molar-refractivity contribution in [2.24, 2.45) is 4.99 Å². The van der Waals surface area contributed by atoms with E-state index in [1.54, 1.807) is 0 Å². The number of hydrogen-bond donors (Lipinski definition) is 3. The molecule has 0 saturated carbocycles. The van der Waals surface area contributed by atoms with E-state index >= 15 is 0 Å². The van der Waals surface area contributed by atoms with Gasteiger partial charge in [-0.05, 0) is 52.1 Å². The minimum absolute atomic E-state index is 0.00767. The highest BCUT2D eigenvalue weighted by Crippen LogP contribution is 2.16. The third-order valence-corrected chi connectivity index (χ3v) is 6.53. The summed E-state index contributed by atoms with van der Waals surface area (Å²) in [6, 6.07) is 0.492. The molecule has 2 unspecified atom stereocenters. The van der Waals surface area contributed by atoms with Crippen molar-refractivity contribution >= 4 is 16.0 Å². The number of guanidine groups is 1. The molecule has 9 heteroatoms. The van der Waals surface area contributed by atoms with Crippen molar-refractivity contribution in [3.8, 4) is 0 Å². The molecule has 2 fully saturated rings. The monoisotopic (exact) mass is 403 g/mol. The Hall–Kier alpha value is -0.900. The Morgan fingerprint density at radius 1 is 1.19 bits per heavy atom. The summed E-state index contributed by atoms with van der Waals surface area (Å²) in [4.78, 5) is 7.10. The SMILES string of the molecule is CCNC(=NCC1CCCN1CC)NCCS(=O)(=O)NCC1CCCCO1. The van der Waals surface area contributed by atoms with E-state index in [1.807, 2.05) is 6.92 Å². The van der Waals surface area contributed by atoms with E-state index in [4.69, 9.17) is 4.74 Å². The van der Waals surface area contributed by atoms with Crippen LogP contribution in [0.25, 0.3) is 0 Å². The molecule has 0 aromatic carbocycles. The number of nitrogens with zero attached hydrogens (tertiary/aromatic N) is 2. The number of nitrogens with one attached hydrogen (secondary N) is 3. The van der Waals surface area contributed by atoms with Crippen molar-refractivity contribution in [1.29, 1.82) is 0 Å². The third-order valence-electron chi connectivity index (χ3n) is 5.18. The second kappa shape index (κ2) is 11.8. The number of rotatable bonds is 10. The Labute approximate surface area is 164 Å². The van der Waals surface area contributed by atoms with Gasteiger partial charge in [0.25, 0.3) is 0 Å². The second-order valence-electron chi connectivity index (χ2n) is 7.23. The first-order chi connectivity index (χ1) is 13.0. The van der Waals surface area contributed by atoms with E-state index in [1.165, 1.54) is 12.8 Å². The Kier molecular flexibility index (Phi) is 9.81. The van der Waals surface area contributed by atoms with Crippen LogP contribution >= 0.6 is 0 Å². The molecule has 2 saturated heterocycles. The van der Waals surface area contributed by atoms with Gasteiger partial charge >= 0.3 is 0 Å². The highest BCUT2D eigenvalue weighted by atomic mass is 32.2. The van der Waals surface area contributed by atoms with Crippen molar-refractivity contribution < 1.29 is 13.2 Å². The quantitative estimate of drug-likeness (QED) is 0.364. The fourth-order valence-corrected chi connectivity index (χ4v) is 4.58. The Morgan fingerprint density at radius 2 is 2.04 bits per heavy atom. The van der Waals surface area contributed by atoms with Crippen LogP contribution in [0.1, 0.15) is 46.0 Å². The Bertz CT molecular complexity index is 549. The van der Waals surface area contributed by atoms with E-state index in [9.17, 15) is 8.42 Å². The van der Waals surface area contributed by atoms with Crippen LogP contribution in [-0.4, -0.2) is 83.1 Å². The van der Waals surface area contributed by atoms with Crippen LogP contribution in [0.4, 0.5) is 0 Å². The average molecular weight is 404 g/mol. The van der Waals surface area contributed by atoms with Crippen molar-refractivity contribution in [3.63, 3.8) is 0 Å². The van der Waals surface area contributed by atoms with Crippen LogP contribution in [0.3, 0.4) is 0 Å². The lowest BCUT2D eigenvalue weighted by atomic mass is 10.1. The van der Waals surface area contributed by atoms with Gasteiger partial charge in [0.05, 0.1) is 18.4 Å². The van der Waals surface area contributed by atoms with E-state index in [-0.39, 0.29) is 11.9 Å². The van der Waals surface area contributed by atoms with Crippen LogP contribution in [0.5, 0.6) is 0 Å². The van der Waals surface area contributed by atoms with Crippen LogP contribution < -0.4 is 15.4 Å². The van der Waals surface area contributed by atoms with Gasteiger partial charge in [-0.15, -0.1) is 0 Å². The van der Waals surface area contributed by atoms with Gasteiger partial charge in [-0.1, -0.05) is 6.92 Å². The molecule has 2 rings (SSSR count). The van der Waals surface area contributed by atoms with Crippen molar-refractivity contribution in [3.05, 3.63) is 0 Å². The van der Waals surface area contributed by atoms with Gasteiger partial charge < -0.3 is 15.4 Å². The Balaban J connectivity index is 1.72.